The molecule has 0 N–H and O–H groups in total. The van der Waals surface area contributed by atoms with Crippen LogP contribution >= 0.6 is 11.8 Å². The molecule has 2 aromatic carbocycles. The molecule has 0 heterocycles. The summed E-state index contributed by atoms with van der Waals surface area (Å²) < 4.78 is 0. The molecule has 0 fully saturated rings. The average molecular weight is 321 g/mol. The molecule has 0 saturated heterocycles. The van der Waals surface area contributed by atoms with Crippen molar-refractivity contribution >= 4 is 16.7 Å². The summed E-state index contributed by atoms with van der Waals surface area (Å²) in [7, 11) is 0. The van der Waals surface area contributed by atoms with Gasteiger partial charge in [-0.2, -0.15) is 0 Å². The number of allylic oxidation sites excluding steroid dienone is 3. The second-order valence-electron chi connectivity index (χ2n) is 6.72. The van der Waals surface area contributed by atoms with Gasteiger partial charge in [-0.25, -0.2) is 0 Å². The van der Waals surface area contributed by atoms with Crippen LogP contribution in [0.4, 0.5) is 0 Å². The number of hydrogen-bond acceptors (Lipinski definition) is 1. The van der Waals surface area contributed by atoms with Crippen LogP contribution in [0.2, 0.25) is 0 Å². The first-order valence-electron chi connectivity index (χ1n) is 8.28. The van der Waals surface area contributed by atoms with Gasteiger partial charge in [0.05, 0.1) is 0 Å². The van der Waals surface area contributed by atoms with Crippen LogP contribution in [0.25, 0.3) is 4.91 Å². The lowest BCUT2D eigenvalue weighted by molar-refractivity contribution is 0.528. The highest BCUT2D eigenvalue weighted by molar-refractivity contribution is 8.08. The standard InChI is InChI=1S/C22H24S/c1-4-5-9-17-12-13-20-19(16-17)21(14-15-22(20,2)3)23-18-10-7-6-8-11-18/h4-8,10-14,16H,9,15H2,1-3H3. The van der Waals surface area contributed by atoms with Gasteiger partial charge in [0, 0.05) is 9.80 Å². The smallest absolute Gasteiger partial charge is 0.0158 e. The minimum atomic E-state index is 0.217. The SMILES string of the molecule is CC=CCc1ccc2c(c1)C(Sc1ccccc1)=CCC2(C)C. The highest BCUT2D eigenvalue weighted by atomic mass is 32.2. The molecule has 0 unspecified atom stereocenters. The van der Waals surface area contributed by atoms with Gasteiger partial charge >= 0.3 is 0 Å². The predicted octanol–water partition coefficient (Wildman–Crippen LogP) is 6.62. The highest BCUT2D eigenvalue weighted by Gasteiger charge is 2.28. The van der Waals surface area contributed by atoms with Crippen LogP contribution in [0, 0.1) is 0 Å². The Bertz CT molecular complexity index is 736. The van der Waals surface area contributed by atoms with Gasteiger partial charge in [-0.1, -0.05) is 80.2 Å². The van der Waals surface area contributed by atoms with Crippen molar-refractivity contribution in [2.24, 2.45) is 0 Å². The topological polar surface area (TPSA) is 0 Å². The van der Waals surface area contributed by atoms with Crippen LogP contribution in [0.1, 0.15) is 43.9 Å². The van der Waals surface area contributed by atoms with E-state index < -0.39 is 0 Å². The van der Waals surface area contributed by atoms with Crippen LogP contribution in [0.15, 0.2) is 71.7 Å². The molecule has 0 nitrogen and oxygen atoms in total. The molecule has 118 valence electrons. The fraction of sp³-hybridized carbons (Fsp3) is 0.273. The highest BCUT2D eigenvalue weighted by Crippen LogP contribution is 2.45. The van der Waals surface area contributed by atoms with Gasteiger partial charge in [0.2, 0.25) is 0 Å². The second kappa shape index (κ2) is 6.80. The lowest BCUT2D eigenvalue weighted by atomic mass is 9.75. The van der Waals surface area contributed by atoms with Crippen molar-refractivity contribution < 1.29 is 0 Å². The summed E-state index contributed by atoms with van der Waals surface area (Å²) in [4.78, 5) is 2.70. The van der Waals surface area contributed by atoms with Crippen molar-refractivity contribution in [2.45, 2.75) is 43.9 Å². The van der Waals surface area contributed by atoms with E-state index in [0.717, 1.165) is 12.8 Å². The van der Waals surface area contributed by atoms with E-state index in [1.165, 1.54) is 26.5 Å². The largest absolute Gasteiger partial charge is 0.0913 e. The Kier molecular flexibility index (Phi) is 4.77. The maximum atomic E-state index is 2.42. The molecule has 0 bridgehead atoms. The minimum absolute atomic E-state index is 0.217. The van der Waals surface area contributed by atoms with Gasteiger partial charge in [-0.15, -0.1) is 0 Å². The summed E-state index contributed by atoms with van der Waals surface area (Å²) in [5, 5.41) is 0. The molecule has 3 rings (SSSR count). The Hall–Kier alpha value is -1.73. The third-order valence-electron chi connectivity index (χ3n) is 4.44. The zero-order valence-electron chi connectivity index (χ0n) is 14.2. The molecule has 0 saturated carbocycles. The molecule has 23 heavy (non-hydrogen) atoms. The first-order chi connectivity index (χ1) is 11.1. The molecule has 0 aromatic heterocycles. The van der Waals surface area contributed by atoms with Crippen molar-refractivity contribution in [3.8, 4) is 0 Å². The maximum Gasteiger partial charge on any atom is 0.0158 e. The van der Waals surface area contributed by atoms with Gasteiger partial charge in [-0.3, -0.25) is 0 Å². The quantitative estimate of drug-likeness (QED) is 0.570. The van der Waals surface area contributed by atoms with Gasteiger partial charge in [-0.05, 0) is 54.0 Å². The van der Waals surface area contributed by atoms with Crippen molar-refractivity contribution in [1.29, 1.82) is 0 Å². The van der Waals surface area contributed by atoms with E-state index in [1.807, 2.05) is 11.8 Å². The second-order valence-corrected chi connectivity index (χ2v) is 7.84. The molecule has 0 spiro atoms. The van der Waals surface area contributed by atoms with E-state index >= 15 is 0 Å². The van der Waals surface area contributed by atoms with Crippen molar-refractivity contribution in [3.63, 3.8) is 0 Å². The van der Waals surface area contributed by atoms with E-state index in [2.05, 4.69) is 87.5 Å². The molecule has 1 aliphatic rings. The Morgan fingerprint density at radius 3 is 2.61 bits per heavy atom. The summed E-state index contributed by atoms with van der Waals surface area (Å²) in [6.07, 6.45) is 8.87. The summed E-state index contributed by atoms with van der Waals surface area (Å²) in [6.45, 7) is 6.77. The molecule has 0 radical (unpaired) electrons. The van der Waals surface area contributed by atoms with Gasteiger partial charge in [0.25, 0.3) is 0 Å². The van der Waals surface area contributed by atoms with Gasteiger partial charge < -0.3 is 0 Å². The fourth-order valence-corrected chi connectivity index (χ4v) is 4.04. The Morgan fingerprint density at radius 1 is 1.09 bits per heavy atom. The zero-order chi connectivity index (χ0) is 16.3. The molecule has 1 aliphatic carbocycles. The average Bonchev–Trinajstić information content (AvgIpc) is 2.56. The number of fused-ring (bicyclic) bond motifs is 1. The normalized spacial score (nSPS) is 16.2. The van der Waals surface area contributed by atoms with Crippen LogP contribution in [0.5, 0.6) is 0 Å². The van der Waals surface area contributed by atoms with E-state index in [-0.39, 0.29) is 5.41 Å². The van der Waals surface area contributed by atoms with Crippen molar-refractivity contribution in [3.05, 3.63) is 83.4 Å². The first-order valence-corrected chi connectivity index (χ1v) is 9.10. The monoisotopic (exact) mass is 320 g/mol. The maximum absolute atomic E-state index is 2.42. The Balaban J connectivity index is 1.98. The van der Waals surface area contributed by atoms with Crippen molar-refractivity contribution in [2.75, 3.05) is 0 Å². The van der Waals surface area contributed by atoms with Crippen LogP contribution in [-0.4, -0.2) is 0 Å². The molecular formula is C22H24S. The Labute approximate surface area is 144 Å². The van der Waals surface area contributed by atoms with E-state index in [4.69, 9.17) is 0 Å². The molecule has 2 aromatic rings. The van der Waals surface area contributed by atoms with Crippen LogP contribution < -0.4 is 0 Å². The van der Waals surface area contributed by atoms with E-state index in [9.17, 15) is 0 Å². The minimum Gasteiger partial charge on any atom is -0.0913 e. The number of rotatable bonds is 4. The number of benzene rings is 2. The Morgan fingerprint density at radius 2 is 1.87 bits per heavy atom. The number of thioether (sulfide) groups is 1. The third-order valence-corrected chi connectivity index (χ3v) is 5.55. The summed E-state index contributed by atoms with van der Waals surface area (Å²) in [6, 6.07) is 17.7. The summed E-state index contributed by atoms with van der Waals surface area (Å²) in [5.41, 5.74) is 4.49. The predicted molar refractivity (Wildman–Crippen MR) is 103 cm³/mol. The summed E-state index contributed by atoms with van der Waals surface area (Å²) >= 11 is 1.88. The molecule has 0 amide bonds. The summed E-state index contributed by atoms with van der Waals surface area (Å²) in [5.74, 6) is 0. The van der Waals surface area contributed by atoms with E-state index in [1.54, 1.807) is 0 Å². The van der Waals surface area contributed by atoms with Gasteiger partial charge in [0.1, 0.15) is 0 Å². The fourth-order valence-electron chi connectivity index (χ4n) is 3.05. The number of hydrogen-bond donors (Lipinski definition) is 0. The molecular weight excluding hydrogens is 296 g/mol. The van der Waals surface area contributed by atoms with Crippen LogP contribution in [-0.2, 0) is 11.8 Å². The molecule has 0 atom stereocenters. The van der Waals surface area contributed by atoms with Crippen molar-refractivity contribution in [1.82, 2.24) is 0 Å². The first kappa shape index (κ1) is 16.1. The van der Waals surface area contributed by atoms with Crippen LogP contribution in [0.3, 0.4) is 0 Å². The van der Waals surface area contributed by atoms with Gasteiger partial charge in [0.15, 0.2) is 0 Å². The lowest BCUT2D eigenvalue weighted by Crippen LogP contribution is -2.21. The van der Waals surface area contributed by atoms with E-state index in [0.29, 0.717) is 0 Å². The lowest BCUT2D eigenvalue weighted by Gasteiger charge is -2.32. The molecule has 1 heteroatoms. The zero-order valence-corrected chi connectivity index (χ0v) is 15.0. The third kappa shape index (κ3) is 3.61. The molecule has 0 aliphatic heterocycles.